The average molecular weight is 380 g/mol. The summed E-state index contributed by atoms with van der Waals surface area (Å²) < 4.78 is 1.42. The van der Waals surface area contributed by atoms with Crippen LogP contribution in [0.15, 0.2) is 81.4 Å². The largest absolute Gasteiger partial charge is 0.342 e. The number of aromatic amines is 1. The van der Waals surface area contributed by atoms with Gasteiger partial charge in [-0.1, -0.05) is 42.1 Å². The van der Waals surface area contributed by atoms with Gasteiger partial charge in [0.1, 0.15) is 5.65 Å². The normalized spacial score (nSPS) is 11.1. The number of thioether (sulfide) groups is 1. The van der Waals surface area contributed by atoms with Crippen LogP contribution < -0.4 is 5.56 Å². The molecule has 4 aromatic rings. The van der Waals surface area contributed by atoms with Gasteiger partial charge in [-0.3, -0.25) is 4.79 Å². The lowest BCUT2D eigenvalue weighted by molar-refractivity contribution is 0.888. The van der Waals surface area contributed by atoms with Gasteiger partial charge in [0.2, 0.25) is 0 Å². The van der Waals surface area contributed by atoms with Gasteiger partial charge in [-0.05, 0) is 36.1 Å². The van der Waals surface area contributed by atoms with Crippen LogP contribution in [0.5, 0.6) is 0 Å². The summed E-state index contributed by atoms with van der Waals surface area (Å²) in [6.07, 6.45) is 3.76. The summed E-state index contributed by atoms with van der Waals surface area (Å²) in [5, 5.41) is 4.25. The van der Waals surface area contributed by atoms with Gasteiger partial charge in [0.15, 0.2) is 0 Å². The van der Waals surface area contributed by atoms with Crippen molar-refractivity contribution < 1.29 is 0 Å². The lowest BCUT2D eigenvalue weighted by atomic mass is 10.1. The summed E-state index contributed by atoms with van der Waals surface area (Å²) in [4.78, 5) is 18.0. The molecule has 0 amide bonds. The van der Waals surface area contributed by atoms with Crippen molar-refractivity contribution in [3.63, 3.8) is 0 Å². The third-order valence-corrected chi connectivity index (χ3v) is 5.61. The van der Waals surface area contributed by atoms with E-state index in [4.69, 9.17) is 0 Å². The Hall–Kier alpha value is -2.44. The van der Waals surface area contributed by atoms with Gasteiger partial charge in [0.05, 0.1) is 6.20 Å². The molecule has 4 rings (SSSR count). The number of hydrogen-bond acceptors (Lipinski definition) is 4. The lowest BCUT2D eigenvalue weighted by Crippen LogP contribution is -2.15. The molecule has 130 valence electrons. The van der Waals surface area contributed by atoms with Crippen LogP contribution in [-0.2, 0) is 5.75 Å². The molecule has 0 aliphatic carbocycles. The van der Waals surface area contributed by atoms with Crippen molar-refractivity contribution in [3.05, 3.63) is 82.9 Å². The second kappa shape index (κ2) is 7.43. The standard InChI is InChI=1S/C20H17N3OS2/c1-25-13-15-11-19(24)23-20(22-15)18(12-21-23)14-7-9-17(10-8-14)26-16-5-3-2-4-6-16/h2-12,22H,13H2,1H3. The van der Waals surface area contributed by atoms with Crippen LogP contribution in [0.25, 0.3) is 16.8 Å². The smallest absolute Gasteiger partial charge is 0.274 e. The van der Waals surface area contributed by atoms with Crippen LogP contribution in [0, 0.1) is 0 Å². The zero-order valence-corrected chi connectivity index (χ0v) is 15.8. The number of nitrogens with one attached hydrogen (secondary N) is 1. The van der Waals surface area contributed by atoms with E-state index in [1.54, 1.807) is 35.8 Å². The van der Waals surface area contributed by atoms with Gasteiger partial charge >= 0.3 is 0 Å². The molecule has 0 unspecified atom stereocenters. The highest BCUT2D eigenvalue weighted by molar-refractivity contribution is 7.99. The van der Waals surface area contributed by atoms with E-state index < -0.39 is 0 Å². The molecule has 0 atom stereocenters. The van der Waals surface area contributed by atoms with Crippen LogP contribution in [0.1, 0.15) is 5.69 Å². The average Bonchev–Trinajstić information content (AvgIpc) is 3.08. The first kappa shape index (κ1) is 17.0. The van der Waals surface area contributed by atoms with Crippen molar-refractivity contribution >= 4 is 29.2 Å². The monoisotopic (exact) mass is 379 g/mol. The van der Waals surface area contributed by atoms with Crippen LogP contribution in [0.3, 0.4) is 0 Å². The summed E-state index contributed by atoms with van der Waals surface area (Å²) in [5.41, 5.74) is 3.51. The zero-order valence-electron chi connectivity index (χ0n) is 14.2. The number of rotatable bonds is 5. The second-order valence-electron chi connectivity index (χ2n) is 5.82. The molecular formula is C20H17N3OS2. The molecule has 2 aromatic heterocycles. The molecule has 0 saturated heterocycles. The first-order chi connectivity index (χ1) is 12.7. The Balaban J connectivity index is 1.68. The quantitative estimate of drug-likeness (QED) is 0.546. The lowest BCUT2D eigenvalue weighted by Gasteiger charge is -2.05. The van der Waals surface area contributed by atoms with E-state index in [1.807, 2.05) is 24.5 Å². The van der Waals surface area contributed by atoms with Gasteiger partial charge in [0.25, 0.3) is 5.56 Å². The summed E-state index contributed by atoms with van der Waals surface area (Å²) >= 11 is 3.40. The van der Waals surface area contributed by atoms with Crippen molar-refractivity contribution in [1.82, 2.24) is 14.6 Å². The Labute approximate surface area is 159 Å². The van der Waals surface area contributed by atoms with E-state index in [-0.39, 0.29) is 5.56 Å². The molecule has 0 aliphatic heterocycles. The number of benzene rings is 2. The molecule has 0 bridgehead atoms. The number of nitrogens with zero attached hydrogens (tertiary/aromatic N) is 2. The maximum absolute atomic E-state index is 12.2. The van der Waals surface area contributed by atoms with E-state index in [2.05, 4.69) is 46.5 Å². The van der Waals surface area contributed by atoms with E-state index in [9.17, 15) is 4.79 Å². The topological polar surface area (TPSA) is 50.2 Å². The van der Waals surface area contributed by atoms with Gasteiger partial charge in [-0.25, -0.2) is 0 Å². The molecular weight excluding hydrogens is 362 g/mol. The van der Waals surface area contributed by atoms with Crippen LogP contribution in [-0.4, -0.2) is 20.9 Å². The van der Waals surface area contributed by atoms with E-state index in [1.165, 1.54) is 14.3 Å². The fourth-order valence-electron chi connectivity index (χ4n) is 2.81. The number of hydrogen-bond donors (Lipinski definition) is 1. The van der Waals surface area contributed by atoms with Crippen LogP contribution >= 0.6 is 23.5 Å². The third kappa shape index (κ3) is 3.43. The van der Waals surface area contributed by atoms with Gasteiger partial charge in [0, 0.05) is 32.9 Å². The number of fused-ring (bicyclic) bond motifs is 1. The minimum absolute atomic E-state index is 0.106. The first-order valence-corrected chi connectivity index (χ1v) is 10.4. The molecule has 0 radical (unpaired) electrons. The highest BCUT2D eigenvalue weighted by Crippen LogP contribution is 2.30. The summed E-state index contributed by atoms with van der Waals surface area (Å²) in [7, 11) is 0. The highest BCUT2D eigenvalue weighted by Gasteiger charge is 2.11. The molecule has 2 heterocycles. The molecule has 0 saturated carbocycles. The Kier molecular flexibility index (Phi) is 4.86. The fraction of sp³-hybridized carbons (Fsp3) is 0.100. The minimum atomic E-state index is -0.106. The fourth-order valence-corrected chi connectivity index (χ4v) is 4.11. The van der Waals surface area contributed by atoms with Crippen LogP contribution in [0.2, 0.25) is 0 Å². The molecule has 4 nitrogen and oxygen atoms in total. The molecule has 0 fully saturated rings. The first-order valence-electron chi connectivity index (χ1n) is 8.17. The molecule has 1 N–H and O–H groups in total. The maximum atomic E-state index is 12.2. The summed E-state index contributed by atoms with van der Waals surface area (Å²) in [6.45, 7) is 0. The minimum Gasteiger partial charge on any atom is -0.342 e. The summed E-state index contributed by atoms with van der Waals surface area (Å²) in [5.74, 6) is 0.767. The van der Waals surface area contributed by atoms with Gasteiger partial charge < -0.3 is 4.98 Å². The maximum Gasteiger partial charge on any atom is 0.274 e. The predicted molar refractivity (Wildman–Crippen MR) is 109 cm³/mol. The van der Waals surface area contributed by atoms with Crippen molar-refractivity contribution in [2.75, 3.05) is 6.26 Å². The Bertz CT molecular complexity index is 1090. The Morgan fingerprint density at radius 1 is 1.04 bits per heavy atom. The Morgan fingerprint density at radius 3 is 2.50 bits per heavy atom. The van der Waals surface area contributed by atoms with Crippen LogP contribution in [0.4, 0.5) is 0 Å². The van der Waals surface area contributed by atoms with Crippen molar-refractivity contribution in [2.24, 2.45) is 0 Å². The van der Waals surface area contributed by atoms with Crippen molar-refractivity contribution in [3.8, 4) is 11.1 Å². The molecule has 6 heteroatoms. The van der Waals surface area contributed by atoms with Crippen molar-refractivity contribution in [2.45, 2.75) is 15.5 Å². The number of aromatic nitrogens is 3. The third-order valence-electron chi connectivity index (χ3n) is 4.00. The Morgan fingerprint density at radius 2 is 1.77 bits per heavy atom. The van der Waals surface area contributed by atoms with Gasteiger partial charge in [-0.2, -0.15) is 21.4 Å². The number of H-pyrrole nitrogens is 1. The SMILES string of the molecule is CSCc1cc(=O)n2ncc(-c3ccc(Sc4ccccc4)cc3)c2[nH]1. The van der Waals surface area contributed by atoms with E-state index >= 15 is 0 Å². The van der Waals surface area contributed by atoms with Crippen molar-refractivity contribution in [1.29, 1.82) is 0 Å². The van der Waals surface area contributed by atoms with E-state index in [0.29, 0.717) is 0 Å². The van der Waals surface area contributed by atoms with Gasteiger partial charge in [-0.15, -0.1) is 0 Å². The highest BCUT2D eigenvalue weighted by atomic mass is 32.2. The summed E-state index contributed by atoms with van der Waals surface area (Å²) in [6, 6.07) is 20.2. The molecule has 0 aliphatic rings. The molecule has 26 heavy (non-hydrogen) atoms. The zero-order chi connectivity index (χ0) is 17.9. The molecule has 0 spiro atoms. The predicted octanol–water partition coefficient (Wildman–Crippen LogP) is 4.70. The molecule has 2 aromatic carbocycles. The van der Waals surface area contributed by atoms with E-state index in [0.717, 1.165) is 28.2 Å². The second-order valence-corrected chi connectivity index (χ2v) is 7.84.